The average molecular weight is 344 g/mol. The van der Waals surface area contributed by atoms with Crippen molar-refractivity contribution in [2.75, 3.05) is 11.1 Å². The van der Waals surface area contributed by atoms with Gasteiger partial charge in [0, 0.05) is 12.1 Å². The van der Waals surface area contributed by atoms with Crippen LogP contribution >= 0.6 is 0 Å². The highest BCUT2D eigenvalue weighted by atomic mass is 16.1. The fourth-order valence-corrected chi connectivity index (χ4v) is 2.42. The van der Waals surface area contributed by atoms with Gasteiger partial charge in [-0.3, -0.25) is 4.79 Å². The van der Waals surface area contributed by atoms with Crippen molar-refractivity contribution in [3.8, 4) is 6.07 Å². The molecule has 3 N–H and O–H groups in total. The lowest BCUT2D eigenvalue weighted by Crippen LogP contribution is -2.18. The van der Waals surface area contributed by atoms with E-state index < -0.39 is 5.92 Å². The first kappa shape index (κ1) is 17.0. The molecule has 7 nitrogen and oxygen atoms in total. The SMILES string of the molecule is N#C[C@H](C(=O)Cc1ccccc1)c1nc(N)nc(Nc2ccccc2)n1. The first-order chi connectivity index (χ1) is 12.7. The number of para-hydroxylation sites is 1. The van der Waals surface area contributed by atoms with Crippen molar-refractivity contribution in [1.82, 2.24) is 15.0 Å². The quantitative estimate of drug-likeness (QED) is 0.705. The number of rotatable bonds is 6. The Balaban J connectivity index is 1.84. The van der Waals surface area contributed by atoms with E-state index in [1.165, 1.54) is 0 Å². The number of hydrogen-bond acceptors (Lipinski definition) is 7. The van der Waals surface area contributed by atoms with Gasteiger partial charge in [0.15, 0.2) is 17.5 Å². The van der Waals surface area contributed by atoms with Crippen LogP contribution < -0.4 is 11.1 Å². The molecule has 3 rings (SSSR count). The highest BCUT2D eigenvalue weighted by Gasteiger charge is 2.24. The number of aromatic nitrogens is 3. The van der Waals surface area contributed by atoms with Gasteiger partial charge in [-0.05, 0) is 17.7 Å². The Morgan fingerprint density at radius 1 is 1.04 bits per heavy atom. The topological polar surface area (TPSA) is 118 Å². The smallest absolute Gasteiger partial charge is 0.232 e. The second-order valence-electron chi connectivity index (χ2n) is 5.56. The fourth-order valence-electron chi connectivity index (χ4n) is 2.42. The maximum atomic E-state index is 12.5. The lowest BCUT2D eigenvalue weighted by Gasteiger charge is -2.10. The van der Waals surface area contributed by atoms with Crippen molar-refractivity contribution in [1.29, 1.82) is 5.26 Å². The van der Waals surface area contributed by atoms with Crippen LogP contribution in [-0.2, 0) is 11.2 Å². The summed E-state index contributed by atoms with van der Waals surface area (Å²) in [6.07, 6.45) is 0.117. The third kappa shape index (κ3) is 4.19. The number of ketones is 1. The van der Waals surface area contributed by atoms with Crippen LogP contribution in [-0.4, -0.2) is 20.7 Å². The molecule has 0 spiro atoms. The molecule has 0 unspecified atom stereocenters. The minimum atomic E-state index is -1.11. The molecule has 7 heteroatoms. The number of nitrogen functional groups attached to an aromatic ring is 1. The monoisotopic (exact) mass is 344 g/mol. The van der Waals surface area contributed by atoms with E-state index in [0.717, 1.165) is 11.3 Å². The lowest BCUT2D eigenvalue weighted by atomic mass is 9.98. The second-order valence-corrected chi connectivity index (χ2v) is 5.56. The van der Waals surface area contributed by atoms with E-state index in [2.05, 4.69) is 20.3 Å². The van der Waals surface area contributed by atoms with Crippen molar-refractivity contribution in [3.05, 3.63) is 72.1 Å². The van der Waals surface area contributed by atoms with Crippen molar-refractivity contribution < 1.29 is 4.79 Å². The Labute approximate surface area is 150 Å². The first-order valence-electron chi connectivity index (χ1n) is 7.95. The van der Waals surface area contributed by atoms with Gasteiger partial charge < -0.3 is 11.1 Å². The van der Waals surface area contributed by atoms with E-state index in [1.54, 1.807) is 0 Å². The van der Waals surface area contributed by atoms with Gasteiger partial charge in [-0.2, -0.15) is 20.2 Å². The summed E-state index contributed by atoms with van der Waals surface area (Å²) < 4.78 is 0. The third-order valence-electron chi connectivity index (χ3n) is 3.63. The number of benzene rings is 2. The molecule has 0 amide bonds. The Hall–Kier alpha value is -3.79. The van der Waals surface area contributed by atoms with Gasteiger partial charge in [0.05, 0.1) is 6.07 Å². The zero-order chi connectivity index (χ0) is 18.4. The van der Waals surface area contributed by atoms with Gasteiger partial charge in [-0.25, -0.2) is 0 Å². The molecule has 128 valence electrons. The molecule has 1 atom stereocenters. The molecule has 0 saturated carbocycles. The van der Waals surface area contributed by atoms with E-state index in [9.17, 15) is 10.1 Å². The number of nitrogens with two attached hydrogens (primary N) is 1. The summed E-state index contributed by atoms with van der Waals surface area (Å²) >= 11 is 0. The number of nitrogens with zero attached hydrogens (tertiary/aromatic N) is 4. The molecule has 1 heterocycles. The molecule has 0 radical (unpaired) electrons. The van der Waals surface area contributed by atoms with Gasteiger partial charge in [-0.15, -0.1) is 0 Å². The molecule has 1 aromatic heterocycles. The maximum absolute atomic E-state index is 12.5. The third-order valence-corrected chi connectivity index (χ3v) is 3.63. The van der Waals surface area contributed by atoms with Crippen molar-refractivity contribution in [2.45, 2.75) is 12.3 Å². The van der Waals surface area contributed by atoms with Gasteiger partial charge in [-0.1, -0.05) is 48.5 Å². The largest absolute Gasteiger partial charge is 0.368 e. The van der Waals surface area contributed by atoms with Crippen LogP contribution in [0.3, 0.4) is 0 Å². The van der Waals surface area contributed by atoms with Crippen LogP contribution in [0.15, 0.2) is 60.7 Å². The summed E-state index contributed by atoms with van der Waals surface area (Å²) in [6.45, 7) is 0. The van der Waals surface area contributed by atoms with E-state index in [-0.39, 0.29) is 29.9 Å². The number of carbonyl (C=O) groups is 1. The first-order valence-corrected chi connectivity index (χ1v) is 7.95. The zero-order valence-corrected chi connectivity index (χ0v) is 13.8. The second kappa shape index (κ2) is 7.85. The van der Waals surface area contributed by atoms with Crippen LogP contribution in [0.2, 0.25) is 0 Å². The summed E-state index contributed by atoms with van der Waals surface area (Å²) in [7, 11) is 0. The Bertz CT molecular complexity index is 937. The van der Waals surface area contributed by atoms with Crippen molar-refractivity contribution in [3.63, 3.8) is 0 Å². The number of carbonyl (C=O) groups excluding carboxylic acids is 1. The summed E-state index contributed by atoms with van der Waals surface area (Å²) in [5.41, 5.74) is 7.31. The summed E-state index contributed by atoms with van der Waals surface area (Å²) in [5, 5.41) is 12.5. The maximum Gasteiger partial charge on any atom is 0.232 e. The van der Waals surface area contributed by atoms with E-state index in [0.29, 0.717) is 0 Å². The predicted octanol–water partition coefficient (Wildman–Crippen LogP) is 2.62. The van der Waals surface area contributed by atoms with Gasteiger partial charge in [0.1, 0.15) is 0 Å². The number of Topliss-reactive ketones (excluding diaryl/α,β-unsaturated/α-hetero) is 1. The molecule has 0 aliphatic rings. The Morgan fingerprint density at radius 3 is 2.35 bits per heavy atom. The highest BCUT2D eigenvalue weighted by Crippen LogP contribution is 2.19. The van der Waals surface area contributed by atoms with E-state index in [1.807, 2.05) is 66.7 Å². The minimum absolute atomic E-state index is 0.0411. The minimum Gasteiger partial charge on any atom is -0.368 e. The lowest BCUT2D eigenvalue weighted by molar-refractivity contribution is -0.118. The molecule has 0 saturated heterocycles. The zero-order valence-electron chi connectivity index (χ0n) is 13.8. The standard InChI is InChI=1S/C19H16N6O/c20-12-15(16(26)11-13-7-3-1-4-8-13)17-23-18(21)25-19(24-17)22-14-9-5-2-6-10-14/h1-10,15H,11H2,(H3,21,22,23,24,25)/t15-/m1/s1. The average Bonchev–Trinajstić information content (AvgIpc) is 2.63. The summed E-state index contributed by atoms with van der Waals surface area (Å²) in [5.74, 6) is -1.24. The van der Waals surface area contributed by atoms with Crippen molar-refractivity contribution in [2.24, 2.45) is 0 Å². The number of nitrogens with one attached hydrogen (secondary N) is 1. The Kier molecular flexibility index (Phi) is 5.15. The molecule has 26 heavy (non-hydrogen) atoms. The molecule has 0 aliphatic carbocycles. The van der Waals surface area contributed by atoms with Crippen LogP contribution in [0.5, 0.6) is 0 Å². The number of anilines is 3. The van der Waals surface area contributed by atoms with Gasteiger partial charge >= 0.3 is 0 Å². The number of nitriles is 1. The Morgan fingerprint density at radius 2 is 1.69 bits per heavy atom. The van der Waals surface area contributed by atoms with Crippen LogP contribution in [0, 0.1) is 11.3 Å². The number of hydrogen-bond donors (Lipinski definition) is 2. The van der Waals surface area contributed by atoms with Crippen LogP contribution in [0.1, 0.15) is 17.3 Å². The summed E-state index contributed by atoms with van der Waals surface area (Å²) in [4.78, 5) is 24.7. The fraction of sp³-hybridized carbons (Fsp3) is 0.105. The molecule has 0 fully saturated rings. The van der Waals surface area contributed by atoms with Gasteiger partial charge in [0.2, 0.25) is 11.9 Å². The normalized spacial score (nSPS) is 11.3. The molecular weight excluding hydrogens is 328 g/mol. The molecule has 0 aliphatic heterocycles. The molecular formula is C19H16N6O. The predicted molar refractivity (Wildman–Crippen MR) is 97.5 cm³/mol. The summed E-state index contributed by atoms with van der Waals surface area (Å²) in [6, 6.07) is 20.4. The highest BCUT2D eigenvalue weighted by molar-refractivity contribution is 5.89. The van der Waals surface area contributed by atoms with E-state index in [4.69, 9.17) is 5.73 Å². The molecule has 0 bridgehead atoms. The molecule has 3 aromatic rings. The van der Waals surface area contributed by atoms with Gasteiger partial charge in [0.25, 0.3) is 0 Å². The van der Waals surface area contributed by atoms with Crippen molar-refractivity contribution >= 4 is 23.4 Å². The molecule has 2 aromatic carbocycles. The van der Waals surface area contributed by atoms with Crippen LogP contribution in [0.25, 0.3) is 0 Å². The van der Waals surface area contributed by atoms with Crippen LogP contribution in [0.4, 0.5) is 17.6 Å². The van der Waals surface area contributed by atoms with E-state index >= 15 is 0 Å².